The second-order valence-electron chi connectivity index (χ2n) is 8.75. The van der Waals surface area contributed by atoms with Crippen LogP contribution in [0.15, 0.2) is 45.5 Å². The smallest absolute Gasteiger partial charge is 0.231 e. The summed E-state index contributed by atoms with van der Waals surface area (Å²) in [5, 5.41) is 12.7. The van der Waals surface area contributed by atoms with Crippen molar-refractivity contribution in [2.75, 3.05) is 0 Å². The molecule has 4 aliphatic rings. The first-order chi connectivity index (χ1) is 14.7. The van der Waals surface area contributed by atoms with Crippen LogP contribution in [-0.2, 0) is 19.2 Å². The Balaban J connectivity index is 1.74. The SMILES string of the molecule is Cc1cc([C@H]2C3=CC[C@@H]4C(=O)NC(=O)[C@@H]4[C@@H]3CC3=C2C(=O)C=C(Br)C3=O)cc(C)c1O. The predicted octanol–water partition coefficient (Wildman–Crippen LogP) is 3.06. The highest BCUT2D eigenvalue weighted by Gasteiger charge is 2.53. The zero-order valence-corrected chi connectivity index (χ0v) is 18.6. The van der Waals surface area contributed by atoms with Crippen LogP contribution in [0, 0.1) is 31.6 Å². The number of benzene rings is 1. The van der Waals surface area contributed by atoms with Gasteiger partial charge in [-0.3, -0.25) is 24.5 Å². The Kier molecular flexibility index (Phi) is 4.45. The maximum absolute atomic E-state index is 13.1. The summed E-state index contributed by atoms with van der Waals surface area (Å²) in [5.41, 5.74) is 3.89. The third-order valence-electron chi connectivity index (χ3n) is 7.02. The van der Waals surface area contributed by atoms with Gasteiger partial charge in [0.2, 0.25) is 11.8 Å². The van der Waals surface area contributed by atoms with Crippen molar-refractivity contribution >= 4 is 39.3 Å². The molecule has 0 bridgehead atoms. The van der Waals surface area contributed by atoms with E-state index in [4.69, 9.17) is 0 Å². The maximum atomic E-state index is 13.1. The number of allylic oxidation sites excluding steroid dienone is 6. The Morgan fingerprint density at radius 3 is 2.39 bits per heavy atom. The Hall–Kier alpha value is -2.80. The molecule has 0 aromatic heterocycles. The first kappa shape index (κ1) is 20.1. The second-order valence-corrected chi connectivity index (χ2v) is 9.60. The minimum Gasteiger partial charge on any atom is -0.507 e. The number of aryl methyl sites for hydroxylation is 2. The van der Waals surface area contributed by atoms with E-state index in [9.17, 15) is 24.3 Å². The molecule has 1 fully saturated rings. The van der Waals surface area contributed by atoms with Gasteiger partial charge >= 0.3 is 0 Å². The van der Waals surface area contributed by atoms with Gasteiger partial charge < -0.3 is 5.11 Å². The Labute approximate surface area is 187 Å². The zero-order valence-electron chi connectivity index (χ0n) is 17.0. The third-order valence-corrected chi connectivity index (χ3v) is 7.61. The number of carbonyl (C=O) groups excluding carboxylic acids is 4. The number of Topliss-reactive ketones (excluding diaryl/α,β-unsaturated/α-hetero) is 1. The summed E-state index contributed by atoms with van der Waals surface area (Å²) in [5.74, 6) is -2.70. The number of ketones is 2. The maximum Gasteiger partial charge on any atom is 0.231 e. The molecular weight excluding hydrogens is 462 g/mol. The van der Waals surface area contributed by atoms with Crippen molar-refractivity contribution in [1.82, 2.24) is 5.32 Å². The van der Waals surface area contributed by atoms with Gasteiger partial charge in [0.25, 0.3) is 0 Å². The molecule has 2 N–H and O–H groups in total. The van der Waals surface area contributed by atoms with Crippen molar-refractivity contribution in [2.24, 2.45) is 17.8 Å². The van der Waals surface area contributed by atoms with E-state index in [0.29, 0.717) is 28.7 Å². The van der Waals surface area contributed by atoms with Crippen LogP contribution >= 0.6 is 15.9 Å². The number of fused-ring (bicyclic) bond motifs is 3. The lowest BCUT2D eigenvalue weighted by Crippen LogP contribution is -2.39. The van der Waals surface area contributed by atoms with Crippen LogP contribution in [0.2, 0.25) is 0 Å². The topological polar surface area (TPSA) is 101 Å². The van der Waals surface area contributed by atoms with E-state index < -0.39 is 17.8 Å². The Bertz CT molecular complexity index is 1180. The van der Waals surface area contributed by atoms with E-state index in [1.54, 1.807) is 13.8 Å². The molecule has 4 atom stereocenters. The average molecular weight is 482 g/mol. The van der Waals surface area contributed by atoms with Gasteiger partial charge in [-0.05, 0) is 65.2 Å². The Morgan fingerprint density at radius 2 is 1.71 bits per heavy atom. The summed E-state index contributed by atoms with van der Waals surface area (Å²) in [6.07, 6.45) is 3.96. The van der Waals surface area contributed by atoms with Gasteiger partial charge in [-0.15, -0.1) is 0 Å². The number of imide groups is 1. The summed E-state index contributed by atoms with van der Waals surface area (Å²) < 4.78 is 0.208. The number of rotatable bonds is 1. The van der Waals surface area contributed by atoms with Crippen LogP contribution in [0.4, 0.5) is 0 Å². The lowest BCUT2D eigenvalue weighted by Gasteiger charge is -2.42. The molecule has 0 spiro atoms. The number of carbonyl (C=O) groups is 4. The minimum absolute atomic E-state index is 0.192. The van der Waals surface area contributed by atoms with Crippen LogP contribution in [0.1, 0.15) is 35.4 Å². The fourth-order valence-electron chi connectivity index (χ4n) is 5.65. The van der Waals surface area contributed by atoms with E-state index in [1.165, 1.54) is 6.08 Å². The fraction of sp³-hybridized carbons (Fsp3) is 0.333. The molecule has 31 heavy (non-hydrogen) atoms. The van der Waals surface area contributed by atoms with E-state index in [-0.39, 0.29) is 46.0 Å². The standard InChI is InChI=1S/C24H20BrNO5/c1-9-5-11(6-10(2)21(9)28)18-12-3-4-13-19(24(31)26-23(13)30)14(12)7-15-20(18)17(27)8-16(25)22(15)29/h3,5-6,8,13-14,18-19,28H,4,7H2,1-2H3,(H,26,30,31)/t13-,14+,18-,19-/m0/s1. The number of amides is 2. The first-order valence-electron chi connectivity index (χ1n) is 10.2. The number of halogens is 1. The van der Waals surface area contributed by atoms with Crippen LogP contribution < -0.4 is 5.32 Å². The molecule has 5 rings (SSSR count). The van der Waals surface area contributed by atoms with E-state index in [2.05, 4.69) is 21.2 Å². The summed E-state index contributed by atoms with van der Waals surface area (Å²) >= 11 is 3.21. The van der Waals surface area contributed by atoms with Gasteiger partial charge in [-0.1, -0.05) is 23.8 Å². The van der Waals surface area contributed by atoms with Gasteiger partial charge in [0.1, 0.15) is 5.75 Å². The van der Waals surface area contributed by atoms with Gasteiger partial charge in [0.15, 0.2) is 11.6 Å². The summed E-state index contributed by atoms with van der Waals surface area (Å²) in [6.45, 7) is 3.58. The minimum atomic E-state index is -0.545. The van der Waals surface area contributed by atoms with Gasteiger partial charge in [-0.25, -0.2) is 0 Å². The van der Waals surface area contributed by atoms with E-state index in [0.717, 1.165) is 11.1 Å². The average Bonchev–Trinajstić information content (AvgIpc) is 3.02. The quantitative estimate of drug-likeness (QED) is 0.364. The monoisotopic (exact) mass is 481 g/mol. The van der Waals surface area contributed by atoms with Gasteiger partial charge in [0.05, 0.1) is 16.3 Å². The number of hydrogen-bond donors (Lipinski definition) is 2. The molecule has 0 saturated carbocycles. The van der Waals surface area contributed by atoms with Crippen LogP contribution in [0.25, 0.3) is 0 Å². The number of phenolic OH excluding ortho intramolecular Hbond substituents is 1. The molecule has 1 saturated heterocycles. The van der Waals surface area contributed by atoms with Crippen molar-refractivity contribution in [3.63, 3.8) is 0 Å². The normalized spacial score (nSPS) is 29.8. The van der Waals surface area contributed by atoms with Gasteiger partial charge in [0, 0.05) is 23.1 Å². The molecule has 1 heterocycles. The van der Waals surface area contributed by atoms with Crippen LogP contribution in [0.5, 0.6) is 5.75 Å². The van der Waals surface area contributed by atoms with Crippen molar-refractivity contribution in [2.45, 2.75) is 32.6 Å². The zero-order chi connectivity index (χ0) is 22.2. The van der Waals surface area contributed by atoms with Crippen LogP contribution in [0.3, 0.4) is 0 Å². The molecule has 3 aliphatic carbocycles. The fourth-order valence-corrected chi connectivity index (χ4v) is 6.10. The molecule has 1 aromatic rings. The molecule has 2 amide bonds. The predicted molar refractivity (Wildman–Crippen MR) is 115 cm³/mol. The summed E-state index contributed by atoms with van der Waals surface area (Å²) in [7, 11) is 0. The molecule has 6 nitrogen and oxygen atoms in total. The third kappa shape index (κ3) is 2.82. The van der Waals surface area contributed by atoms with E-state index in [1.807, 2.05) is 18.2 Å². The first-order valence-corrected chi connectivity index (χ1v) is 11.0. The lowest BCUT2D eigenvalue weighted by molar-refractivity contribution is -0.126. The molecule has 7 heteroatoms. The van der Waals surface area contributed by atoms with Crippen molar-refractivity contribution < 1.29 is 24.3 Å². The number of phenols is 1. The van der Waals surface area contributed by atoms with E-state index >= 15 is 0 Å². The number of hydrogen-bond acceptors (Lipinski definition) is 5. The van der Waals surface area contributed by atoms with Gasteiger partial charge in [-0.2, -0.15) is 0 Å². The highest BCUT2D eigenvalue weighted by molar-refractivity contribution is 9.12. The summed E-state index contributed by atoms with van der Waals surface area (Å²) in [6, 6.07) is 3.66. The van der Waals surface area contributed by atoms with Crippen LogP contribution in [-0.4, -0.2) is 28.5 Å². The molecule has 0 radical (unpaired) electrons. The second kappa shape index (κ2) is 6.85. The number of nitrogens with one attached hydrogen (secondary N) is 1. The molecule has 158 valence electrons. The largest absolute Gasteiger partial charge is 0.507 e. The molecule has 1 aliphatic heterocycles. The molecule has 1 aromatic carbocycles. The molecule has 0 unspecified atom stereocenters. The summed E-state index contributed by atoms with van der Waals surface area (Å²) in [4.78, 5) is 51.1. The lowest BCUT2D eigenvalue weighted by atomic mass is 9.59. The molecular formula is C24H20BrNO5. The number of aromatic hydroxyl groups is 1. The van der Waals surface area contributed by atoms with Crippen molar-refractivity contribution in [3.05, 3.63) is 62.2 Å². The van der Waals surface area contributed by atoms with Crippen molar-refractivity contribution in [1.29, 1.82) is 0 Å². The van der Waals surface area contributed by atoms with Crippen molar-refractivity contribution in [3.8, 4) is 5.75 Å². The highest BCUT2D eigenvalue weighted by atomic mass is 79.9. The Morgan fingerprint density at radius 1 is 1.03 bits per heavy atom. The highest BCUT2D eigenvalue weighted by Crippen LogP contribution is 2.54.